The number of esters is 1. The van der Waals surface area contributed by atoms with Gasteiger partial charge in [-0.25, -0.2) is 0 Å². The van der Waals surface area contributed by atoms with Crippen molar-refractivity contribution in [1.29, 1.82) is 0 Å². The van der Waals surface area contributed by atoms with E-state index < -0.39 is 0 Å². The van der Waals surface area contributed by atoms with Gasteiger partial charge >= 0.3 is 5.97 Å². The first-order valence-corrected chi connectivity index (χ1v) is 5.28. The van der Waals surface area contributed by atoms with Gasteiger partial charge in [-0.15, -0.1) is 0 Å². The summed E-state index contributed by atoms with van der Waals surface area (Å²) in [5.41, 5.74) is 0. The Balaban J connectivity index is 2.20. The number of ether oxygens (including phenoxy) is 1. The molecule has 1 fully saturated rings. The molecule has 86 valence electrons. The van der Waals surface area contributed by atoms with Crippen LogP contribution < -0.4 is 10.6 Å². The molecular formula is C10H18N2O3. The largest absolute Gasteiger partial charge is 0.468 e. The van der Waals surface area contributed by atoms with E-state index in [1.165, 1.54) is 7.11 Å². The number of carbonyl (C=O) groups excluding carboxylic acids is 2. The van der Waals surface area contributed by atoms with Crippen molar-refractivity contribution in [2.24, 2.45) is 0 Å². The molecule has 15 heavy (non-hydrogen) atoms. The van der Waals surface area contributed by atoms with Gasteiger partial charge in [0.2, 0.25) is 5.91 Å². The standard InChI is InChI=1S/C10H18N2O3/c1-3-8(10(14)15-2)11-6-9(13)12-7-4-5-7/h7-8,11H,3-6H2,1-2H3,(H,12,13). The zero-order chi connectivity index (χ0) is 11.3. The van der Waals surface area contributed by atoms with E-state index >= 15 is 0 Å². The van der Waals surface area contributed by atoms with Gasteiger partial charge in [0.15, 0.2) is 0 Å². The maximum atomic E-state index is 11.3. The quantitative estimate of drug-likeness (QED) is 0.601. The number of methoxy groups -OCH3 is 1. The minimum Gasteiger partial charge on any atom is -0.468 e. The van der Waals surface area contributed by atoms with Crippen LogP contribution in [0.15, 0.2) is 0 Å². The average Bonchev–Trinajstić information content (AvgIpc) is 3.02. The van der Waals surface area contributed by atoms with Crippen LogP contribution in [0.4, 0.5) is 0 Å². The summed E-state index contributed by atoms with van der Waals surface area (Å²) in [5, 5.41) is 5.70. The SMILES string of the molecule is CCC(NCC(=O)NC1CC1)C(=O)OC. The molecule has 1 unspecified atom stereocenters. The third-order valence-electron chi connectivity index (χ3n) is 2.35. The Morgan fingerprint density at radius 2 is 2.13 bits per heavy atom. The number of rotatable bonds is 6. The van der Waals surface area contributed by atoms with Gasteiger partial charge in [0, 0.05) is 6.04 Å². The third kappa shape index (κ3) is 4.29. The fraction of sp³-hybridized carbons (Fsp3) is 0.800. The van der Waals surface area contributed by atoms with E-state index in [1.807, 2.05) is 6.92 Å². The highest BCUT2D eigenvalue weighted by atomic mass is 16.5. The van der Waals surface area contributed by atoms with E-state index in [0.717, 1.165) is 12.8 Å². The van der Waals surface area contributed by atoms with Gasteiger partial charge in [0.25, 0.3) is 0 Å². The zero-order valence-electron chi connectivity index (χ0n) is 9.21. The summed E-state index contributed by atoms with van der Waals surface area (Å²) in [7, 11) is 1.34. The maximum absolute atomic E-state index is 11.3. The fourth-order valence-electron chi connectivity index (χ4n) is 1.26. The van der Waals surface area contributed by atoms with Crippen LogP contribution in [-0.4, -0.2) is 37.6 Å². The first kappa shape index (κ1) is 12.0. The second-order valence-electron chi connectivity index (χ2n) is 3.71. The van der Waals surface area contributed by atoms with Crippen molar-refractivity contribution in [1.82, 2.24) is 10.6 Å². The first-order valence-electron chi connectivity index (χ1n) is 5.28. The first-order chi connectivity index (χ1) is 7.17. The molecule has 0 bridgehead atoms. The minimum absolute atomic E-state index is 0.0557. The maximum Gasteiger partial charge on any atom is 0.322 e. The summed E-state index contributed by atoms with van der Waals surface area (Å²) < 4.78 is 4.60. The predicted molar refractivity (Wildman–Crippen MR) is 55.3 cm³/mol. The van der Waals surface area contributed by atoms with E-state index in [4.69, 9.17) is 0 Å². The molecule has 0 aromatic rings. The Kier molecular flexibility index (Phi) is 4.55. The van der Waals surface area contributed by atoms with Crippen molar-refractivity contribution < 1.29 is 14.3 Å². The number of carbonyl (C=O) groups is 2. The van der Waals surface area contributed by atoms with Crippen molar-refractivity contribution in [2.45, 2.75) is 38.3 Å². The van der Waals surface area contributed by atoms with Gasteiger partial charge < -0.3 is 10.1 Å². The third-order valence-corrected chi connectivity index (χ3v) is 2.35. The van der Waals surface area contributed by atoms with Crippen molar-refractivity contribution in [3.8, 4) is 0 Å². The molecule has 0 saturated heterocycles. The van der Waals surface area contributed by atoms with Crippen LogP contribution in [0.5, 0.6) is 0 Å². The van der Waals surface area contributed by atoms with Crippen molar-refractivity contribution in [2.75, 3.05) is 13.7 Å². The smallest absolute Gasteiger partial charge is 0.322 e. The number of hydrogen-bond donors (Lipinski definition) is 2. The van der Waals surface area contributed by atoms with Gasteiger partial charge in [-0.05, 0) is 19.3 Å². The topological polar surface area (TPSA) is 67.4 Å². The number of hydrogen-bond acceptors (Lipinski definition) is 4. The Morgan fingerprint density at radius 1 is 1.47 bits per heavy atom. The molecule has 1 atom stereocenters. The Bertz CT molecular complexity index is 239. The second-order valence-corrected chi connectivity index (χ2v) is 3.71. The molecule has 2 N–H and O–H groups in total. The molecule has 1 amide bonds. The van der Waals surface area contributed by atoms with E-state index in [2.05, 4.69) is 15.4 Å². The van der Waals surface area contributed by atoms with Gasteiger partial charge in [-0.1, -0.05) is 6.92 Å². The summed E-state index contributed by atoms with van der Waals surface area (Å²) >= 11 is 0. The molecule has 1 aliphatic rings. The van der Waals surface area contributed by atoms with Crippen LogP contribution in [0.3, 0.4) is 0 Å². The van der Waals surface area contributed by atoms with E-state index in [1.54, 1.807) is 0 Å². The van der Waals surface area contributed by atoms with Gasteiger partial charge in [0.05, 0.1) is 13.7 Å². The van der Waals surface area contributed by atoms with Gasteiger partial charge in [0.1, 0.15) is 6.04 Å². The van der Waals surface area contributed by atoms with Crippen LogP contribution in [0, 0.1) is 0 Å². The monoisotopic (exact) mass is 214 g/mol. The molecule has 0 heterocycles. The van der Waals surface area contributed by atoms with Crippen molar-refractivity contribution >= 4 is 11.9 Å². The second kappa shape index (κ2) is 5.70. The molecule has 0 aromatic carbocycles. The molecule has 0 radical (unpaired) electrons. The Labute approximate surface area is 89.6 Å². The summed E-state index contributed by atoms with van der Waals surface area (Å²) in [6, 6.07) is -0.0301. The molecule has 0 spiro atoms. The molecule has 1 aliphatic carbocycles. The van der Waals surface area contributed by atoms with Crippen LogP contribution in [0.1, 0.15) is 26.2 Å². The van der Waals surface area contributed by atoms with Crippen LogP contribution in [-0.2, 0) is 14.3 Å². The summed E-state index contributed by atoms with van der Waals surface area (Å²) in [6.07, 6.45) is 2.75. The highest BCUT2D eigenvalue weighted by Crippen LogP contribution is 2.18. The Morgan fingerprint density at radius 3 is 2.60 bits per heavy atom. The van der Waals surface area contributed by atoms with Gasteiger partial charge in [-0.3, -0.25) is 14.9 Å². The lowest BCUT2D eigenvalue weighted by atomic mass is 10.2. The molecule has 0 aliphatic heterocycles. The van der Waals surface area contributed by atoms with Crippen molar-refractivity contribution in [3.63, 3.8) is 0 Å². The number of amides is 1. The average molecular weight is 214 g/mol. The lowest BCUT2D eigenvalue weighted by Crippen LogP contribution is -2.43. The van der Waals surface area contributed by atoms with E-state index in [-0.39, 0.29) is 24.5 Å². The molecule has 1 saturated carbocycles. The lowest BCUT2D eigenvalue weighted by molar-refractivity contribution is -0.143. The van der Waals surface area contributed by atoms with E-state index in [0.29, 0.717) is 12.5 Å². The van der Waals surface area contributed by atoms with Crippen LogP contribution in [0.25, 0.3) is 0 Å². The minimum atomic E-state index is -0.389. The lowest BCUT2D eigenvalue weighted by Gasteiger charge is -2.13. The molecule has 1 rings (SSSR count). The van der Waals surface area contributed by atoms with Crippen LogP contribution in [0.2, 0.25) is 0 Å². The summed E-state index contributed by atoms with van der Waals surface area (Å²) in [4.78, 5) is 22.5. The highest BCUT2D eigenvalue weighted by molar-refractivity contribution is 5.80. The van der Waals surface area contributed by atoms with Crippen LogP contribution >= 0.6 is 0 Å². The molecule has 0 aromatic heterocycles. The van der Waals surface area contributed by atoms with Crippen molar-refractivity contribution in [3.05, 3.63) is 0 Å². The van der Waals surface area contributed by atoms with Gasteiger partial charge in [-0.2, -0.15) is 0 Å². The van der Waals surface area contributed by atoms with E-state index in [9.17, 15) is 9.59 Å². The molecule has 5 nitrogen and oxygen atoms in total. The normalized spacial score (nSPS) is 16.9. The predicted octanol–water partition coefficient (Wildman–Crippen LogP) is -0.194. The molecule has 5 heteroatoms. The summed E-state index contributed by atoms with van der Waals surface area (Å²) in [5.74, 6) is -0.378. The molecular weight excluding hydrogens is 196 g/mol. The fourth-order valence-corrected chi connectivity index (χ4v) is 1.26. The highest BCUT2D eigenvalue weighted by Gasteiger charge is 2.24. The summed E-state index contributed by atoms with van der Waals surface area (Å²) in [6.45, 7) is 2.04. The number of nitrogens with one attached hydrogen (secondary N) is 2. The Hall–Kier alpha value is -1.10. The zero-order valence-corrected chi connectivity index (χ0v) is 9.21.